The maximum absolute atomic E-state index is 12.4. The van der Waals surface area contributed by atoms with E-state index >= 15 is 0 Å². The van der Waals surface area contributed by atoms with E-state index in [9.17, 15) is 4.79 Å². The summed E-state index contributed by atoms with van der Waals surface area (Å²) < 4.78 is 5.99. The maximum Gasteiger partial charge on any atom is 0.411 e. The third-order valence-electron chi connectivity index (χ3n) is 4.41. The van der Waals surface area contributed by atoms with Gasteiger partial charge in [-0.15, -0.1) is 0 Å². The fourth-order valence-electron chi connectivity index (χ4n) is 3.57. The Hall–Kier alpha value is -2.29. The van der Waals surface area contributed by atoms with Crippen molar-refractivity contribution in [3.8, 4) is 0 Å². The second kappa shape index (κ2) is 5.48. The number of hydrogen-bond acceptors (Lipinski definition) is 2. The molecule has 0 aromatic heterocycles. The first kappa shape index (κ1) is 14.6. The molecule has 1 amide bonds. The fourth-order valence-corrected chi connectivity index (χ4v) is 3.57. The molecule has 1 atom stereocenters. The maximum atomic E-state index is 12.4. The number of carbonyl (C=O) groups is 1. The SMILES string of the molecule is CC(C)C1N(C)C(=O)OC1(c1ccccc1)c1ccccc1. The zero-order valence-electron chi connectivity index (χ0n) is 13.2. The molecule has 0 saturated carbocycles. The highest BCUT2D eigenvalue weighted by Crippen LogP contribution is 2.46. The van der Waals surface area contributed by atoms with Crippen LogP contribution in [-0.2, 0) is 10.3 Å². The molecule has 1 aliphatic rings. The van der Waals surface area contributed by atoms with Crippen LogP contribution in [-0.4, -0.2) is 24.1 Å². The van der Waals surface area contributed by atoms with Gasteiger partial charge in [-0.25, -0.2) is 4.79 Å². The van der Waals surface area contributed by atoms with Crippen LogP contribution in [0.25, 0.3) is 0 Å². The van der Waals surface area contributed by atoms with E-state index in [1.54, 1.807) is 4.90 Å². The molecule has 2 aromatic carbocycles. The monoisotopic (exact) mass is 295 g/mol. The van der Waals surface area contributed by atoms with Crippen LogP contribution in [0.1, 0.15) is 25.0 Å². The Kier molecular flexibility index (Phi) is 3.65. The van der Waals surface area contributed by atoms with Crippen molar-refractivity contribution in [1.29, 1.82) is 0 Å². The molecule has 3 heteroatoms. The van der Waals surface area contributed by atoms with Crippen LogP contribution in [0.4, 0.5) is 4.79 Å². The number of likely N-dealkylation sites (N-methyl/N-ethyl adjacent to an activating group) is 1. The molecule has 1 fully saturated rings. The molecular formula is C19H21NO2. The Morgan fingerprint density at radius 1 is 0.955 bits per heavy atom. The van der Waals surface area contributed by atoms with Crippen LogP contribution >= 0.6 is 0 Å². The molecule has 1 aliphatic heterocycles. The van der Waals surface area contributed by atoms with Crippen molar-refractivity contribution in [3.63, 3.8) is 0 Å². The third-order valence-corrected chi connectivity index (χ3v) is 4.41. The predicted molar refractivity (Wildman–Crippen MR) is 86.5 cm³/mol. The van der Waals surface area contributed by atoms with Gasteiger partial charge in [-0.1, -0.05) is 74.5 Å². The van der Waals surface area contributed by atoms with E-state index in [2.05, 4.69) is 13.8 Å². The van der Waals surface area contributed by atoms with Gasteiger partial charge in [0.25, 0.3) is 0 Å². The number of amides is 1. The number of ether oxygens (including phenoxy) is 1. The quantitative estimate of drug-likeness (QED) is 0.855. The summed E-state index contributed by atoms with van der Waals surface area (Å²) in [5.74, 6) is 0.261. The summed E-state index contributed by atoms with van der Waals surface area (Å²) in [5.41, 5.74) is 1.26. The summed E-state index contributed by atoms with van der Waals surface area (Å²) in [6, 6.07) is 20.0. The first-order chi connectivity index (χ1) is 10.6. The zero-order chi connectivity index (χ0) is 15.7. The second-order valence-corrected chi connectivity index (χ2v) is 6.14. The van der Waals surface area contributed by atoms with Gasteiger partial charge in [0, 0.05) is 18.2 Å². The van der Waals surface area contributed by atoms with Crippen molar-refractivity contribution in [2.75, 3.05) is 7.05 Å². The van der Waals surface area contributed by atoms with Crippen molar-refractivity contribution < 1.29 is 9.53 Å². The molecule has 1 unspecified atom stereocenters. The van der Waals surface area contributed by atoms with E-state index in [4.69, 9.17) is 4.74 Å². The molecule has 0 bridgehead atoms. The van der Waals surface area contributed by atoms with E-state index in [-0.39, 0.29) is 18.1 Å². The zero-order valence-corrected chi connectivity index (χ0v) is 13.2. The molecule has 114 valence electrons. The Morgan fingerprint density at radius 3 is 1.82 bits per heavy atom. The molecule has 3 rings (SSSR count). The summed E-state index contributed by atoms with van der Waals surface area (Å²) in [4.78, 5) is 14.1. The van der Waals surface area contributed by atoms with Crippen molar-refractivity contribution >= 4 is 6.09 Å². The average Bonchev–Trinajstić information content (AvgIpc) is 2.82. The summed E-state index contributed by atoms with van der Waals surface area (Å²) in [6.45, 7) is 4.26. The second-order valence-electron chi connectivity index (χ2n) is 6.14. The summed E-state index contributed by atoms with van der Waals surface area (Å²) in [7, 11) is 1.82. The first-order valence-corrected chi connectivity index (χ1v) is 7.64. The minimum atomic E-state index is -0.761. The van der Waals surface area contributed by atoms with Gasteiger partial charge >= 0.3 is 6.09 Å². The van der Waals surface area contributed by atoms with Gasteiger partial charge in [0.2, 0.25) is 0 Å². The van der Waals surface area contributed by atoms with Gasteiger partial charge in [0.1, 0.15) is 0 Å². The fraction of sp³-hybridized carbons (Fsp3) is 0.316. The molecule has 0 aliphatic carbocycles. The summed E-state index contributed by atoms with van der Waals surface area (Å²) >= 11 is 0. The number of rotatable bonds is 3. The summed E-state index contributed by atoms with van der Waals surface area (Å²) in [5, 5.41) is 0. The highest BCUT2D eigenvalue weighted by molar-refractivity contribution is 5.73. The van der Waals surface area contributed by atoms with Crippen molar-refractivity contribution in [2.45, 2.75) is 25.5 Å². The van der Waals surface area contributed by atoms with E-state index in [1.807, 2.05) is 67.7 Å². The smallest absolute Gasteiger partial charge is 0.411 e. The predicted octanol–water partition coefficient (Wildman–Crippen LogP) is 4.04. The van der Waals surface area contributed by atoms with E-state index < -0.39 is 5.60 Å². The van der Waals surface area contributed by atoms with Crippen LogP contribution in [0.2, 0.25) is 0 Å². The topological polar surface area (TPSA) is 29.5 Å². The van der Waals surface area contributed by atoms with Crippen LogP contribution in [0.15, 0.2) is 60.7 Å². The highest BCUT2D eigenvalue weighted by atomic mass is 16.6. The lowest BCUT2D eigenvalue weighted by atomic mass is 9.76. The number of carbonyl (C=O) groups excluding carboxylic acids is 1. The Labute approximate surface area is 131 Å². The molecule has 1 heterocycles. The van der Waals surface area contributed by atoms with Gasteiger partial charge in [0.15, 0.2) is 5.60 Å². The highest BCUT2D eigenvalue weighted by Gasteiger charge is 2.55. The standard InChI is InChI=1S/C19H21NO2/c1-14(2)17-19(22-18(21)20(17)3,15-10-6-4-7-11-15)16-12-8-5-9-13-16/h4-14,17H,1-3H3. The van der Waals surface area contributed by atoms with Crippen molar-refractivity contribution in [3.05, 3.63) is 71.8 Å². The van der Waals surface area contributed by atoms with Crippen molar-refractivity contribution in [1.82, 2.24) is 4.90 Å². The number of nitrogens with zero attached hydrogens (tertiary/aromatic N) is 1. The molecular weight excluding hydrogens is 274 g/mol. The molecule has 3 nitrogen and oxygen atoms in total. The largest absolute Gasteiger partial charge is 0.431 e. The number of benzene rings is 2. The molecule has 0 N–H and O–H groups in total. The minimum absolute atomic E-state index is 0.0511. The lowest BCUT2D eigenvalue weighted by Crippen LogP contribution is -2.46. The van der Waals surface area contributed by atoms with Gasteiger partial charge in [-0.3, -0.25) is 0 Å². The Bertz CT molecular complexity index is 612. The normalized spacial score (nSPS) is 20.3. The molecule has 1 saturated heterocycles. The van der Waals surface area contributed by atoms with Gasteiger partial charge in [-0.2, -0.15) is 0 Å². The average molecular weight is 295 g/mol. The van der Waals surface area contributed by atoms with Crippen LogP contribution < -0.4 is 0 Å². The van der Waals surface area contributed by atoms with Crippen molar-refractivity contribution in [2.24, 2.45) is 5.92 Å². The first-order valence-electron chi connectivity index (χ1n) is 7.64. The minimum Gasteiger partial charge on any atom is -0.431 e. The molecule has 2 aromatic rings. The third kappa shape index (κ3) is 2.08. The van der Waals surface area contributed by atoms with Gasteiger partial charge < -0.3 is 9.64 Å². The molecule has 22 heavy (non-hydrogen) atoms. The van der Waals surface area contributed by atoms with E-state index in [0.717, 1.165) is 11.1 Å². The number of hydrogen-bond donors (Lipinski definition) is 0. The molecule has 0 spiro atoms. The Balaban J connectivity index is 2.26. The Morgan fingerprint density at radius 2 is 1.41 bits per heavy atom. The lowest BCUT2D eigenvalue weighted by molar-refractivity contribution is 0.0557. The molecule has 0 radical (unpaired) electrons. The van der Waals surface area contributed by atoms with Crippen LogP contribution in [0.3, 0.4) is 0 Å². The van der Waals surface area contributed by atoms with Gasteiger partial charge in [-0.05, 0) is 5.92 Å². The van der Waals surface area contributed by atoms with Crippen LogP contribution in [0.5, 0.6) is 0 Å². The van der Waals surface area contributed by atoms with Gasteiger partial charge in [0.05, 0.1) is 6.04 Å². The lowest BCUT2D eigenvalue weighted by Gasteiger charge is -2.37. The van der Waals surface area contributed by atoms with E-state index in [0.29, 0.717) is 0 Å². The summed E-state index contributed by atoms with van der Waals surface area (Å²) in [6.07, 6.45) is -0.272. The van der Waals surface area contributed by atoms with Crippen LogP contribution in [0, 0.1) is 5.92 Å². The number of cyclic esters (lactones) is 1. The van der Waals surface area contributed by atoms with E-state index in [1.165, 1.54) is 0 Å².